The monoisotopic (exact) mass is 452 g/mol. The summed E-state index contributed by atoms with van der Waals surface area (Å²) in [5, 5.41) is 9.55. The molecule has 1 heterocycles. The third-order valence-corrected chi connectivity index (χ3v) is 7.95. The first-order valence-electron chi connectivity index (χ1n) is 10.9. The maximum atomic E-state index is 12.8. The van der Waals surface area contributed by atoms with Gasteiger partial charge in [-0.25, -0.2) is 0 Å². The van der Waals surface area contributed by atoms with Crippen LogP contribution in [0.4, 0.5) is 0 Å². The van der Waals surface area contributed by atoms with Gasteiger partial charge in [-0.2, -0.15) is 0 Å². The summed E-state index contributed by atoms with van der Waals surface area (Å²) < 4.78 is 3.86. The van der Waals surface area contributed by atoms with Crippen LogP contribution in [0.2, 0.25) is 0 Å². The molecule has 1 N–H and O–H groups in total. The van der Waals surface area contributed by atoms with E-state index < -0.39 is 5.97 Å². The van der Waals surface area contributed by atoms with Crippen LogP contribution in [0.1, 0.15) is 76.6 Å². The number of aliphatic carboxylic acids is 1. The number of hydrogen-bond acceptors (Lipinski definition) is 6. The normalized spacial score (nSPS) is 31.6. The number of carbonyl (C=O) groups excluding carboxylic acids is 3. The zero-order valence-corrected chi connectivity index (χ0v) is 19.7. The van der Waals surface area contributed by atoms with Crippen LogP contribution in [0.15, 0.2) is 11.4 Å². The Bertz CT molecular complexity index is 802. The minimum absolute atomic E-state index is 0. The Balaban J connectivity index is 0.000000497. The van der Waals surface area contributed by atoms with Crippen molar-refractivity contribution in [3.8, 4) is 0 Å². The number of rotatable bonds is 2. The smallest absolute Gasteiger partial charge is 0.300 e. The predicted octanol–water partition coefficient (Wildman–Crippen LogP) is 5.03. The summed E-state index contributed by atoms with van der Waals surface area (Å²) in [5.74, 6) is 0.978. The minimum Gasteiger partial charge on any atom is -0.481 e. The van der Waals surface area contributed by atoms with Crippen molar-refractivity contribution in [3.63, 3.8) is 0 Å². The molecule has 3 fully saturated rings. The van der Waals surface area contributed by atoms with Crippen LogP contribution in [0.5, 0.6) is 0 Å². The van der Waals surface area contributed by atoms with Crippen LogP contribution in [0.25, 0.3) is 0 Å². The molecule has 174 valence electrons. The maximum Gasteiger partial charge on any atom is 0.300 e. The average Bonchev–Trinajstić information content (AvgIpc) is 3.13. The van der Waals surface area contributed by atoms with Crippen molar-refractivity contribution < 1.29 is 30.4 Å². The van der Waals surface area contributed by atoms with Gasteiger partial charge in [0, 0.05) is 37.9 Å². The van der Waals surface area contributed by atoms with Crippen LogP contribution >= 0.6 is 11.3 Å². The number of carboxylic acids is 1. The fourth-order valence-electron chi connectivity index (χ4n) is 5.90. The molecule has 31 heavy (non-hydrogen) atoms. The van der Waals surface area contributed by atoms with Crippen LogP contribution in [-0.4, -0.2) is 36.2 Å². The van der Waals surface area contributed by atoms with E-state index in [4.69, 9.17) is 14.7 Å². The van der Waals surface area contributed by atoms with Gasteiger partial charge in [-0.3, -0.25) is 19.2 Å². The van der Waals surface area contributed by atoms with E-state index in [-0.39, 0.29) is 18.7 Å². The number of carboxylic acid groups (broad SMARTS) is 1. The van der Waals surface area contributed by atoms with E-state index in [1.165, 1.54) is 24.0 Å². The second kappa shape index (κ2) is 11.0. The highest BCUT2D eigenvalue weighted by Gasteiger charge is 2.54. The van der Waals surface area contributed by atoms with Gasteiger partial charge in [0.1, 0.15) is 11.6 Å². The highest BCUT2D eigenvalue weighted by atomic mass is 32.1. The molecule has 3 saturated carbocycles. The molecule has 0 aromatic carbocycles. The Labute approximate surface area is 189 Å². The van der Waals surface area contributed by atoms with Gasteiger partial charge >= 0.3 is 0 Å². The van der Waals surface area contributed by atoms with Crippen molar-refractivity contribution >= 4 is 35.3 Å². The van der Waals surface area contributed by atoms with Crippen molar-refractivity contribution in [2.45, 2.75) is 71.6 Å². The van der Waals surface area contributed by atoms with Crippen LogP contribution in [0, 0.1) is 30.1 Å². The second-order valence-electron chi connectivity index (χ2n) is 9.15. The fraction of sp³-hybridized carbons (Fsp3) is 0.667. The molecule has 1 aromatic heterocycles. The van der Waals surface area contributed by atoms with Gasteiger partial charge in [0.2, 0.25) is 0 Å². The number of methoxy groups -OCH3 is 1. The number of aryl methyl sites for hydroxylation is 1. The molecule has 1 unspecified atom stereocenters. The molecule has 4 rings (SSSR count). The topological polar surface area (TPSA) is 97.7 Å². The summed E-state index contributed by atoms with van der Waals surface area (Å²) in [7, 11) is 1.31. The molecule has 7 heteroatoms. The van der Waals surface area contributed by atoms with Gasteiger partial charge in [0.05, 0.1) is 7.11 Å². The highest BCUT2D eigenvalue weighted by Crippen LogP contribution is 2.57. The molecule has 1 aromatic rings. The standard InChI is InChI=1S/C20H26O2S.2C2H4O2.H2/c1-12-14(6-9-23-12)13-10-16-15(18(22)11-13)5-8-20(2)7-3-4-17(21)19(16)20;1-4-2-3;1-2(3)4;/h6,9,13,15-16,19H,3-5,7-8,10-11H2,1-2H3;2H,1H3;1H3,(H,3,4);1H/t13-,15-,16?,19+,20-;;;/m1.../s1. The summed E-state index contributed by atoms with van der Waals surface area (Å²) in [6.07, 6.45) is 6.76. The van der Waals surface area contributed by atoms with Crippen molar-refractivity contribution in [2.75, 3.05) is 7.11 Å². The van der Waals surface area contributed by atoms with Gasteiger partial charge < -0.3 is 9.84 Å². The number of fused-ring (bicyclic) bond motifs is 3. The van der Waals surface area contributed by atoms with E-state index in [2.05, 4.69) is 30.0 Å². The van der Waals surface area contributed by atoms with Crippen molar-refractivity contribution in [2.24, 2.45) is 23.2 Å². The molecule has 0 bridgehead atoms. The summed E-state index contributed by atoms with van der Waals surface area (Å²) in [6.45, 7) is 5.93. The molecule has 6 nitrogen and oxygen atoms in total. The van der Waals surface area contributed by atoms with E-state index in [1.807, 2.05) is 0 Å². The molecule has 5 atom stereocenters. The lowest BCUT2D eigenvalue weighted by Crippen LogP contribution is -2.51. The first kappa shape index (κ1) is 25.2. The molecule has 0 amide bonds. The van der Waals surface area contributed by atoms with Gasteiger partial charge in [0.15, 0.2) is 0 Å². The van der Waals surface area contributed by atoms with Crippen molar-refractivity contribution in [1.82, 2.24) is 0 Å². The minimum atomic E-state index is -0.833. The average molecular weight is 453 g/mol. The zero-order valence-electron chi connectivity index (χ0n) is 18.9. The van der Waals surface area contributed by atoms with Gasteiger partial charge in [-0.05, 0) is 73.3 Å². The molecule has 3 aliphatic rings. The lowest BCUT2D eigenvalue weighted by atomic mass is 9.50. The molecular weight excluding hydrogens is 416 g/mol. The third kappa shape index (κ3) is 6.03. The zero-order chi connectivity index (χ0) is 23.2. The lowest BCUT2D eigenvalue weighted by Gasteiger charge is -2.53. The molecule has 0 aliphatic heterocycles. The SMILES string of the molecule is CC(=O)O.COC=O.Cc1sccc1[C@H]1CC(=O)[C@@H]2CC[C@@]3(C)CCCC(=O)[C@@H]3C2C1.[HH]. The maximum absolute atomic E-state index is 12.8. The van der Waals surface area contributed by atoms with Crippen LogP contribution in [0.3, 0.4) is 0 Å². The molecular formula is C24H36O6S. The number of ether oxygens (including phenoxy) is 1. The Kier molecular flexibility index (Phi) is 8.98. The number of Topliss-reactive ketones (excluding diaryl/α,β-unsaturated/α-hetero) is 2. The van der Waals surface area contributed by atoms with E-state index >= 15 is 0 Å². The Morgan fingerprint density at radius 2 is 1.97 bits per heavy atom. The van der Waals surface area contributed by atoms with Gasteiger partial charge in [-0.15, -0.1) is 11.3 Å². The highest BCUT2D eigenvalue weighted by molar-refractivity contribution is 7.10. The van der Waals surface area contributed by atoms with E-state index in [1.54, 1.807) is 11.3 Å². The number of carbonyl (C=O) groups is 4. The molecule has 0 saturated heterocycles. The van der Waals surface area contributed by atoms with Crippen molar-refractivity contribution in [3.05, 3.63) is 21.9 Å². The summed E-state index contributed by atoms with van der Waals surface area (Å²) in [5.41, 5.74) is 1.51. The molecule has 0 radical (unpaired) electrons. The number of thiophene rings is 1. The largest absolute Gasteiger partial charge is 0.481 e. The predicted molar refractivity (Wildman–Crippen MR) is 121 cm³/mol. The molecule has 0 spiro atoms. The summed E-state index contributed by atoms with van der Waals surface area (Å²) in [6, 6.07) is 2.20. The Morgan fingerprint density at radius 1 is 1.32 bits per heavy atom. The second-order valence-corrected chi connectivity index (χ2v) is 10.3. The van der Waals surface area contributed by atoms with E-state index in [0.717, 1.165) is 39.0 Å². The number of ketones is 2. The Morgan fingerprint density at radius 3 is 2.52 bits per heavy atom. The van der Waals surface area contributed by atoms with E-state index in [0.29, 0.717) is 36.3 Å². The lowest BCUT2D eigenvalue weighted by molar-refractivity contribution is -0.147. The van der Waals surface area contributed by atoms with Crippen LogP contribution < -0.4 is 0 Å². The first-order valence-corrected chi connectivity index (χ1v) is 11.8. The summed E-state index contributed by atoms with van der Waals surface area (Å²) in [4.78, 5) is 44.9. The van der Waals surface area contributed by atoms with Crippen molar-refractivity contribution in [1.29, 1.82) is 0 Å². The van der Waals surface area contributed by atoms with E-state index in [9.17, 15) is 9.59 Å². The third-order valence-electron chi connectivity index (χ3n) is 7.09. The number of hydrogen-bond donors (Lipinski definition) is 1. The first-order chi connectivity index (χ1) is 14.6. The summed E-state index contributed by atoms with van der Waals surface area (Å²) >= 11 is 1.77. The molecule has 3 aliphatic carbocycles. The Hall–Kier alpha value is -2.02. The van der Waals surface area contributed by atoms with Crippen LogP contribution in [-0.2, 0) is 23.9 Å². The quantitative estimate of drug-likeness (QED) is 0.632. The van der Waals surface area contributed by atoms with Gasteiger partial charge in [-0.1, -0.05) is 6.92 Å². The van der Waals surface area contributed by atoms with Gasteiger partial charge in [0.25, 0.3) is 12.4 Å². The fourth-order valence-corrected chi connectivity index (χ4v) is 6.68.